The average molecular weight is 513 g/mol. The van der Waals surface area contributed by atoms with Gasteiger partial charge in [0.1, 0.15) is 17.1 Å². The number of unbranched alkanes of at least 4 members (excludes halogenated alkanes) is 4. The van der Waals surface area contributed by atoms with E-state index in [2.05, 4.69) is 22.0 Å². The zero-order chi connectivity index (χ0) is 23.8. The second kappa shape index (κ2) is 11.5. The lowest BCUT2D eigenvalue weighted by atomic mass is 10.1. The van der Waals surface area contributed by atoms with E-state index in [1.54, 1.807) is 41.0 Å². The fourth-order valence-electron chi connectivity index (χ4n) is 3.58. The van der Waals surface area contributed by atoms with Crippen LogP contribution in [0.15, 0.2) is 47.4 Å². The first-order valence-electron chi connectivity index (χ1n) is 10.7. The number of hydrogen-bond donors (Lipinski definition) is 1. The Morgan fingerprint density at radius 3 is 2.55 bits per heavy atom. The number of carbonyl (C=O) groups is 1. The van der Waals surface area contributed by atoms with Crippen molar-refractivity contribution in [2.75, 3.05) is 19.0 Å². The molecule has 0 spiro atoms. The first kappa shape index (κ1) is 24.3. The molecular formula is C25H25BrN2O5. The number of carboxylic acids is 1. The number of halogens is 1. The summed E-state index contributed by atoms with van der Waals surface area (Å²) in [5, 5.41) is 20.2. The van der Waals surface area contributed by atoms with Crippen molar-refractivity contribution >= 4 is 32.8 Å². The van der Waals surface area contributed by atoms with Crippen molar-refractivity contribution in [3.8, 4) is 23.3 Å². The molecule has 0 atom stereocenters. The average Bonchev–Trinajstić information content (AvgIpc) is 2.83. The Hall–Kier alpha value is -3.31. The zero-order valence-corrected chi connectivity index (χ0v) is 19.9. The summed E-state index contributed by atoms with van der Waals surface area (Å²) in [5.41, 5.74) is 0.399. The lowest BCUT2D eigenvalue weighted by molar-refractivity contribution is 0.0695. The van der Waals surface area contributed by atoms with E-state index < -0.39 is 11.4 Å². The Morgan fingerprint density at radius 2 is 1.85 bits per heavy atom. The van der Waals surface area contributed by atoms with E-state index >= 15 is 0 Å². The van der Waals surface area contributed by atoms with Crippen molar-refractivity contribution in [2.24, 2.45) is 0 Å². The van der Waals surface area contributed by atoms with Crippen molar-refractivity contribution in [1.29, 1.82) is 5.26 Å². The summed E-state index contributed by atoms with van der Waals surface area (Å²) in [6.45, 7) is 0.551. The molecule has 0 aliphatic carbocycles. The Labute approximate surface area is 200 Å². The van der Waals surface area contributed by atoms with E-state index in [9.17, 15) is 20.0 Å². The van der Waals surface area contributed by atoms with Gasteiger partial charge in [0.05, 0.1) is 36.6 Å². The summed E-state index contributed by atoms with van der Waals surface area (Å²) < 4.78 is 12.8. The highest BCUT2D eigenvalue weighted by Gasteiger charge is 2.17. The molecule has 2 aromatic carbocycles. The van der Waals surface area contributed by atoms with Gasteiger partial charge in [0.15, 0.2) is 0 Å². The van der Waals surface area contributed by atoms with Crippen LogP contribution in [0.3, 0.4) is 0 Å². The van der Waals surface area contributed by atoms with Crippen molar-refractivity contribution in [2.45, 2.75) is 32.1 Å². The molecule has 33 heavy (non-hydrogen) atoms. The second-order valence-electron chi connectivity index (χ2n) is 7.56. The number of benzene rings is 2. The summed E-state index contributed by atoms with van der Waals surface area (Å²) in [6, 6.07) is 11.9. The first-order valence-corrected chi connectivity index (χ1v) is 11.8. The number of ether oxygens (including phenoxy) is 2. The molecule has 8 heteroatoms. The maximum atomic E-state index is 12.8. The maximum Gasteiger partial charge on any atom is 0.341 e. The van der Waals surface area contributed by atoms with Gasteiger partial charge in [-0.15, -0.1) is 0 Å². The number of aromatic nitrogens is 1. The van der Waals surface area contributed by atoms with E-state index in [1.165, 1.54) is 26.1 Å². The zero-order valence-electron chi connectivity index (χ0n) is 18.3. The van der Waals surface area contributed by atoms with Gasteiger partial charge in [-0.25, -0.2) is 4.79 Å². The van der Waals surface area contributed by atoms with Gasteiger partial charge in [-0.05, 0) is 37.1 Å². The molecule has 1 aromatic heterocycles. The third-order valence-corrected chi connectivity index (χ3v) is 5.85. The summed E-state index contributed by atoms with van der Waals surface area (Å²) in [7, 11) is 1.48. The highest BCUT2D eigenvalue weighted by Crippen LogP contribution is 2.26. The Balaban J connectivity index is 2.00. The molecule has 0 aliphatic heterocycles. The molecule has 0 amide bonds. The highest BCUT2D eigenvalue weighted by molar-refractivity contribution is 9.09. The number of nitriles is 1. The van der Waals surface area contributed by atoms with Crippen LogP contribution in [0.4, 0.5) is 0 Å². The summed E-state index contributed by atoms with van der Waals surface area (Å²) in [6.07, 6.45) is 6.78. The number of nitrogens with zero attached hydrogens (tertiary/aromatic N) is 2. The van der Waals surface area contributed by atoms with Crippen LogP contribution in [-0.4, -0.2) is 34.7 Å². The summed E-state index contributed by atoms with van der Waals surface area (Å²) in [4.78, 5) is 24.5. The number of rotatable bonds is 11. The second-order valence-corrected chi connectivity index (χ2v) is 8.36. The molecule has 1 heterocycles. The Bertz CT molecular complexity index is 1250. The minimum Gasteiger partial charge on any atom is -0.497 e. The molecule has 0 fully saturated rings. The molecule has 1 N–H and O–H groups in total. The van der Waals surface area contributed by atoms with Crippen LogP contribution in [-0.2, 0) is 0 Å². The molecule has 172 valence electrons. The molecular weight excluding hydrogens is 488 g/mol. The predicted molar refractivity (Wildman–Crippen MR) is 130 cm³/mol. The molecule has 0 aliphatic rings. The molecule has 0 unspecified atom stereocenters. The fraction of sp³-hybridized carbons (Fsp3) is 0.320. The van der Waals surface area contributed by atoms with E-state index in [0.29, 0.717) is 34.9 Å². The molecule has 0 saturated heterocycles. The minimum atomic E-state index is -1.32. The highest BCUT2D eigenvalue weighted by atomic mass is 79.9. The van der Waals surface area contributed by atoms with Gasteiger partial charge in [-0.2, -0.15) is 5.26 Å². The SMILES string of the molecule is COc1cc(C#N)cc(-n2cc(C(=O)O)c(=O)c3ccc(OCCCCCCCBr)cc32)c1. The van der Waals surface area contributed by atoms with Crippen LogP contribution in [0, 0.1) is 11.3 Å². The minimum absolute atomic E-state index is 0.248. The summed E-state index contributed by atoms with van der Waals surface area (Å²) >= 11 is 3.43. The molecule has 3 rings (SSSR count). The van der Waals surface area contributed by atoms with Gasteiger partial charge in [0, 0.05) is 29.0 Å². The van der Waals surface area contributed by atoms with E-state index in [4.69, 9.17) is 9.47 Å². The predicted octanol–water partition coefficient (Wildman–Crippen LogP) is 5.29. The van der Waals surface area contributed by atoms with E-state index in [0.717, 1.165) is 24.6 Å². The van der Waals surface area contributed by atoms with Gasteiger partial charge in [0.25, 0.3) is 0 Å². The number of fused-ring (bicyclic) bond motifs is 1. The number of aromatic carboxylic acids is 1. The van der Waals surface area contributed by atoms with Gasteiger partial charge >= 0.3 is 5.97 Å². The smallest absolute Gasteiger partial charge is 0.341 e. The quantitative estimate of drug-likeness (QED) is 0.276. The van der Waals surface area contributed by atoms with Crippen LogP contribution < -0.4 is 14.9 Å². The number of pyridine rings is 1. The largest absolute Gasteiger partial charge is 0.497 e. The Morgan fingerprint density at radius 1 is 1.09 bits per heavy atom. The number of hydrogen-bond acceptors (Lipinski definition) is 5. The molecule has 3 aromatic rings. The van der Waals surface area contributed by atoms with Gasteiger partial charge in [-0.3, -0.25) is 4.79 Å². The standard InChI is InChI=1S/C25H25BrN2O5/c1-32-20-12-17(15-27)11-18(13-20)28-16-22(25(30)31)24(29)21-8-7-19(14-23(21)28)33-10-6-4-2-3-5-9-26/h7-8,11-14,16H,2-6,9-10H2,1H3,(H,30,31). The van der Waals surface area contributed by atoms with Gasteiger partial charge < -0.3 is 19.1 Å². The number of methoxy groups -OCH3 is 1. The monoisotopic (exact) mass is 512 g/mol. The van der Waals surface area contributed by atoms with E-state index in [1.807, 2.05) is 0 Å². The van der Waals surface area contributed by atoms with Crippen LogP contribution in [0.25, 0.3) is 16.6 Å². The summed E-state index contributed by atoms with van der Waals surface area (Å²) in [5.74, 6) is -0.290. The van der Waals surface area contributed by atoms with Crippen LogP contribution >= 0.6 is 15.9 Å². The Kier molecular flexibility index (Phi) is 8.50. The van der Waals surface area contributed by atoms with Crippen LogP contribution in [0.5, 0.6) is 11.5 Å². The third kappa shape index (κ3) is 5.93. The van der Waals surface area contributed by atoms with Crippen LogP contribution in [0.1, 0.15) is 48.0 Å². The molecule has 7 nitrogen and oxygen atoms in total. The topological polar surface area (TPSA) is 102 Å². The van der Waals surface area contributed by atoms with Crippen molar-refractivity contribution < 1.29 is 19.4 Å². The maximum absolute atomic E-state index is 12.8. The molecule has 0 bridgehead atoms. The molecule has 0 saturated carbocycles. The third-order valence-electron chi connectivity index (χ3n) is 5.29. The van der Waals surface area contributed by atoms with Crippen molar-refractivity contribution in [3.05, 3.63) is 63.9 Å². The lowest BCUT2D eigenvalue weighted by Gasteiger charge is -2.15. The van der Waals surface area contributed by atoms with Crippen molar-refractivity contribution in [1.82, 2.24) is 4.57 Å². The van der Waals surface area contributed by atoms with Crippen LogP contribution in [0.2, 0.25) is 0 Å². The first-order chi connectivity index (χ1) is 16.0. The number of alkyl halides is 1. The normalized spacial score (nSPS) is 10.7. The van der Waals surface area contributed by atoms with E-state index in [-0.39, 0.29) is 10.9 Å². The fourth-order valence-corrected chi connectivity index (χ4v) is 3.98. The van der Waals surface area contributed by atoms with Gasteiger partial charge in [0.2, 0.25) is 5.43 Å². The lowest BCUT2D eigenvalue weighted by Crippen LogP contribution is -2.18. The molecule has 0 radical (unpaired) electrons. The van der Waals surface area contributed by atoms with Gasteiger partial charge in [-0.1, -0.05) is 35.2 Å². The van der Waals surface area contributed by atoms with Crippen molar-refractivity contribution in [3.63, 3.8) is 0 Å². The number of carboxylic acid groups (broad SMARTS) is 1.